The molecule has 0 bridgehead atoms. The molecule has 0 unspecified atom stereocenters. The lowest BCUT2D eigenvalue weighted by molar-refractivity contribution is 0.0514. The van der Waals surface area contributed by atoms with Crippen LogP contribution in [0.5, 0.6) is 0 Å². The van der Waals surface area contributed by atoms with Gasteiger partial charge >= 0.3 is 11.9 Å². The summed E-state index contributed by atoms with van der Waals surface area (Å²) in [6.45, 7) is 3.79. The minimum absolute atomic E-state index is 0.0651. The molecule has 0 amide bonds. The number of hydrogen-bond acceptors (Lipinski definition) is 11. The SMILES string of the molecule is CCOC(=O)c1cnc(Nc2ccc(-c3ccccc3)cc2)[nH]c1=O.CCOC(=O)c1cnc(SC)[nH]c1=O.Nc1ccc(-c2ccccc2)cc1. The molecule has 52 heavy (non-hydrogen) atoms. The van der Waals surface area contributed by atoms with Crippen molar-refractivity contribution in [1.29, 1.82) is 0 Å². The molecular formula is C39H38N6O6S. The van der Waals surface area contributed by atoms with E-state index in [0.29, 0.717) is 5.16 Å². The van der Waals surface area contributed by atoms with E-state index in [2.05, 4.69) is 42.1 Å². The number of nitrogens with two attached hydrogens (primary N) is 1. The van der Waals surface area contributed by atoms with E-state index in [-0.39, 0.29) is 30.3 Å². The maximum atomic E-state index is 11.9. The number of esters is 2. The van der Waals surface area contributed by atoms with E-state index in [0.717, 1.165) is 22.5 Å². The lowest BCUT2D eigenvalue weighted by Gasteiger charge is -2.07. The summed E-state index contributed by atoms with van der Waals surface area (Å²) in [7, 11) is 0. The molecule has 0 spiro atoms. The Bertz CT molecular complexity index is 2160. The monoisotopic (exact) mass is 718 g/mol. The summed E-state index contributed by atoms with van der Waals surface area (Å²) in [4.78, 5) is 58.9. The van der Waals surface area contributed by atoms with Crippen molar-refractivity contribution in [2.75, 3.05) is 30.5 Å². The fourth-order valence-corrected chi connectivity index (χ4v) is 4.82. The first-order valence-electron chi connectivity index (χ1n) is 16.1. The Kier molecular flexibility index (Phi) is 14.5. The second-order valence-corrected chi connectivity index (χ2v) is 11.4. The van der Waals surface area contributed by atoms with Crippen molar-refractivity contribution in [3.63, 3.8) is 0 Å². The summed E-state index contributed by atoms with van der Waals surface area (Å²) < 4.78 is 9.48. The summed E-state index contributed by atoms with van der Waals surface area (Å²) in [5, 5.41) is 3.48. The molecule has 0 radical (unpaired) electrons. The highest BCUT2D eigenvalue weighted by molar-refractivity contribution is 7.98. The average Bonchev–Trinajstić information content (AvgIpc) is 3.17. The minimum atomic E-state index is -0.685. The van der Waals surface area contributed by atoms with Crippen molar-refractivity contribution in [2.24, 2.45) is 0 Å². The fourth-order valence-electron chi connectivity index (χ4n) is 4.47. The Morgan fingerprint density at radius 1 is 0.654 bits per heavy atom. The zero-order valence-corrected chi connectivity index (χ0v) is 29.6. The number of nitrogens with one attached hydrogen (secondary N) is 3. The smallest absolute Gasteiger partial charge is 0.345 e. The van der Waals surface area contributed by atoms with Gasteiger partial charge < -0.3 is 25.5 Å². The number of aromatic amines is 2. The van der Waals surface area contributed by atoms with Gasteiger partial charge in [-0.3, -0.25) is 14.6 Å². The molecule has 12 nitrogen and oxygen atoms in total. The number of anilines is 3. The Morgan fingerprint density at radius 2 is 1.10 bits per heavy atom. The zero-order chi connectivity index (χ0) is 37.3. The van der Waals surface area contributed by atoms with Crippen LogP contribution in [0, 0.1) is 0 Å². The van der Waals surface area contributed by atoms with Crippen LogP contribution in [0.4, 0.5) is 17.3 Å². The lowest BCUT2D eigenvalue weighted by Crippen LogP contribution is -2.21. The Hall–Kier alpha value is -6.47. The number of rotatable bonds is 9. The first-order chi connectivity index (χ1) is 25.2. The van der Waals surface area contributed by atoms with Gasteiger partial charge in [-0.2, -0.15) is 0 Å². The molecule has 0 aliphatic heterocycles. The van der Waals surface area contributed by atoms with E-state index in [1.165, 1.54) is 35.3 Å². The van der Waals surface area contributed by atoms with Gasteiger partial charge in [0.1, 0.15) is 11.1 Å². The van der Waals surface area contributed by atoms with Gasteiger partial charge in [-0.25, -0.2) is 19.6 Å². The molecule has 4 aromatic carbocycles. The number of benzene rings is 4. The molecule has 0 fully saturated rings. The molecule has 2 aromatic heterocycles. The number of aromatic nitrogens is 4. The molecular weight excluding hydrogens is 681 g/mol. The Labute approximate surface area is 304 Å². The van der Waals surface area contributed by atoms with Gasteiger partial charge in [-0.05, 0) is 66.6 Å². The molecule has 0 aliphatic rings. The number of ether oxygens (including phenoxy) is 2. The van der Waals surface area contributed by atoms with Crippen LogP contribution in [0.25, 0.3) is 22.3 Å². The quantitative estimate of drug-likeness (QED) is 0.0525. The predicted molar refractivity (Wildman–Crippen MR) is 205 cm³/mol. The first kappa shape index (κ1) is 38.3. The molecule has 266 valence electrons. The number of thioether (sulfide) groups is 1. The number of H-pyrrole nitrogens is 2. The molecule has 2 heterocycles. The second kappa shape index (κ2) is 19.6. The van der Waals surface area contributed by atoms with Crippen molar-refractivity contribution in [1.82, 2.24) is 19.9 Å². The first-order valence-corrected chi connectivity index (χ1v) is 17.3. The fraction of sp³-hybridized carbons (Fsp3) is 0.128. The van der Waals surface area contributed by atoms with Crippen molar-refractivity contribution in [3.05, 3.63) is 153 Å². The molecule has 0 atom stereocenters. The van der Waals surface area contributed by atoms with Crippen LogP contribution in [-0.2, 0) is 9.47 Å². The topological polar surface area (TPSA) is 182 Å². The highest BCUT2D eigenvalue weighted by Crippen LogP contribution is 2.22. The van der Waals surface area contributed by atoms with Gasteiger partial charge in [0.25, 0.3) is 11.1 Å². The summed E-state index contributed by atoms with van der Waals surface area (Å²) in [5.41, 5.74) is 10.6. The molecule has 13 heteroatoms. The van der Waals surface area contributed by atoms with Crippen LogP contribution < -0.4 is 22.2 Å². The number of nitrogens with zero attached hydrogens (tertiary/aromatic N) is 2. The minimum Gasteiger partial charge on any atom is -0.462 e. The van der Waals surface area contributed by atoms with Crippen LogP contribution in [0.1, 0.15) is 34.6 Å². The molecule has 0 saturated carbocycles. The van der Waals surface area contributed by atoms with E-state index >= 15 is 0 Å². The Morgan fingerprint density at radius 3 is 1.54 bits per heavy atom. The largest absolute Gasteiger partial charge is 0.462 e. The normalized spacial score (nSPS) is 10.1. The van der Waals surface area contributed by atoms with E-state index in [1.807, 2.05) is 97.1 Å². The third-order valence-electron chi connectivity index (χ3n) is 7.03. The summed E-state index contributed by atoms with van der Waals surface area (Å²) in [6.07, 6.45) is 4.21. The van der Waals surface area contributed by atoms with Crippen LogP contribution in [0.2, 0.25) is 0 Å². The molecule has 5 N–H and O–H groups in total. The maximum Gasteiger partial charge on any atom is 0.345 e. The standard InChI is InChI=1S/C19H17N3O3.C12H11N.C8H10N2O3S/c1-2-25-18(24)16-12-20-19(22-17(16)23)21-15-10-8-14(9-11-15)13-6-4-3-5-7-13;13-12-8-6-11(7-9-12)10-4-2-1-3-5-10;1-3-13-7(12)5-4-9-8(14-2)10-6(5)11/h3-12H,2H2,1H3,(H2,20,21,22,23);1-9H,13H2;4H,3H2,1-2H3,(H,9,10,11). The average molecular weight is 719 g/mol. The van der Waals surface area contributed by atoms with E-state index < -0.39 is 23.1 Å². The van der Waals surface area contributed by atoms with Crippen LogP contribution in [0.15, 0.2) is 136 Å². The van der Waals surface area contributed by atoms with Crippen molar-refractivity contribution in [3.8, 4) is 22.3 Å². The van der Waals surface area contributed by atoms with Crippen LogP contribution in [0.3, 0.4) is 0 Å². The molecule has 6 aromatic rings. The number of nitrogen functional groups attached to an aromatic ring is 1. The van der Waals surface area contributed by atoms with Crippen molar-refractivity contribution >= 4 is 41.0 Å². The van der Waals surface area contributed by atoms with Crippen LogP contribution >= 0.6 is 11.8 Å². The summed E-state index contributed by atoms with van der Waals surface area (Å²) in [6, 6.07) is 35.9. The summed E-state index contributed by atoms with van der Waals surface area (Å²) >= 11 is 1.30. The summed E-state index contributed by atoms with van der Waals surface area (Å²) in [5.74, 6) is -1.07. The van der Waals surface area contributed by atoms with E-state index in [9.17, 15) is 19.2 Å². The Balaban J connectivity index is 0.000000190. The highest BCUT2D eigenvalue weighted by Gasteiger charge is 2.13. The third-order valence-corrected chi connectivity index (χ3v) is 7.63. The highest BCUT2D eigenvalue weighted by atomic mass is 32.2. The second-order valence-electron chi connectivity index (χ2n) is 10.6. The molecule has 0 saturated heterocycles. The maximum absolute atomic E-state index is 11.9. The van der Waals surface area contributed by atoms with Crippen molar-refractivity contribution in [2.45, 2.75) is 19.0 Å². The third kappa shape index (κ3) is 11.3. The van der Waals surface area contributed by atoms with Gasteiger partial charge in [0.05, 0.1) is 19.4 Å². The molecule has 0 aliphatic carbocycles. The lowest BCUT2D eigenvalue weighted by atomic mass is 10.1. The van der Waals surface area contributed by atoms with Gasteiger partial charge in [-0.15, -0.1) is 0 Å². The number of carbonyl (C=O) groups is 2. The van der Waals surface area contributed by atoms with Gasteiger partial charge in [-0.1, -0.05) is 96.7 Å². The number of hydrogen-bond donors (Lipinski definition) is 4. The van der Waals surface area contributed by atoms with Gasteiger partial charge in [0.15, 0.2) is 5.16 Å². The predicted octanol–water partition coefficient (Wildman–Crippen LogP) is 6.96. The van der Waals surface area contributed by atoms with Crippen LogP contribution in [-0.4, -0.2) is 51.3 Å². The van der Waals surface area contributed by atoms with Gasteiger partial charge in [0, 0.05) is 17.6 Å². The molecule has 6 rings (SSSR count). The zero-order valence-electron chi connectivity index (χ0n) is 28.8. The van der Waals surface area contributed by atoms with Crippen molar-refractivity contribution < 1.29 is 19.1 Å². The number of carbonyl (C=O) groups excluding carboxylic acids is 2. The van der Waals surface area contributed by atoms with E-state index in [4.69, 9.17) is 10.5 Å². The van der Waals surface area contributed by atoms with E-state index in [1.54, 1.807) is 20.1 Å². The van der Waals surface area contributed by atoms with Gasteiger partial charge in [0.2, 0.25) is 5.95 Å².